The standard InChI is InChI=1S/C8H8FNO2S/c1-11-6-2-4-7(5-3-6)12-8(13)10-9/h2-5H,1H3,(H,10,13). The molecule has 0 aliphatic rings. The van der Waals surface area contributed by atoms with Crippen LogP contribution in [0.3, 0.4) is 0 Å². The van der Waals surface area contributed by atoms with Gasteiger partial charge in [-0.15, -0.1) is 0 Å². The van der Waals surface area contributed by atoms with Gasteiger partial charge in [-0.2, -0.15) is 5.54 Å². The van der Waals surface area contributed by atoms with E-state index in [1.54, 1.807) is 31.4 Å². The molecule has 0 aromatic heterocycles. The van der Waals surface area contributed by atoms with E-state index in [0.717, 1.165) is 0 Å². The number of benzene rings is 1. The fraction of sp³-hybridized carbons (Fsp3) is 0.125. The predicted octanol–water partition coefficient (Wildman–Crippen LogP) is 1.83. The summed E-state index contributed by atoms with van der Waals surface area (Å²) >= 11 is 4.46. The molecule has 0 fully saturated rings. The summed E-state index contributed by atoms with van der Waals surface area (Å²) in [5.74, 6) is 1.16. The Morgan fingerprint density at radius 1 is 1.31 bits per heavy atom. The van der Waals surface area contributed by atoms with Gasteiger partial charge in [-0.1, -0.05) is 4.48 Å². The Hall–Kier alpha value is -1.36. The fourth-order valence-corrected chi connectivity index (χ4v) is 0.866. The van der Waals surface area contributed by atoms with Crippen molar-refractivity contribution in [1.29, 1.82) is 0 Å². The highest BCUT2D eigenvalue weighted by Crippen LogP contribution is 2.16. The number of nitrogens with one attached hydrogen (secondary N) is 1. The molecular formula is C8H8FNO2S. The van der Waals surface area contributed by atoms with Gasteiger partial charge < -0.3 is 9.47 Å². The molecule has 0 heterocycles. The SMILES string of the molecule is COc1ccc(OC(=S)NF)cc1. The van der Waals surface area contributed by atoms with Crippen molar-refractivity contribution in [3.05, 3.63) is 24.3 Å². The average molecular weight is 201 g/mol. The summed E-state index contributed by atoms with van der Waals surface area (Å²) in [5.41, 5.74) is 1.22. The van der Waals surface area contributed by atoms with E-state index in [9.17, 15) is 4.48 Å². The zero-order valence-corrected chi connectivity index (χ0v) is 7.73. The first-order valence-electron chi connectivity index (χ1n) is 3.49. The van der Waals surface area contributed by atoms with Gasteiger partial charge in [0.2, 0.25) is 0 Å². The van der Waals surface area contributed by atoms with Gasteiger partial charge in [-0.05, 0) is 36.5 Å². The molecular weight excluding hydrogens is 193 g/mol. The maximum Gasteiger partial charge on any atom is 0.290 e. The second kappa shape index (κ2) is 4.61. The molecule has 0 aliphatic heterocycles. The minimum absolute atomic E-state index is 0.315. The van der Waals surface area contributed by atoms with E-state index >= 15 is 0 Å². The fourth-order valence-electron chi connectivity index (χ4n) is 0.770. The number of rotatable bonds is 2. The molecule has 0 radical (unpaired) electrons. The molecule has 5 heteroatoms. The van der Waals surface area contributed by atoms with Crippen LogP contribution >= 0.6 is 12.2 Å². The van der Waals surface area contributed by atoms with E-state index in [-0.39, 0.29) is 5.17 Å². The number of halogens is 1. The summed E-state index contributed by atoms with van der Waals surface area (Å²) in [6.07, 6.45) is 0. The van der Waals surface area contributed by atoms with Crippen molar-refractivity contribution in [1.82, 2.24) is 5.54 Å². The lowest BCUT2D eigenvalue weighted by Crippen LogP contribution is -2.17. The molecule has 0 amide bonds. The minimum Gasteiger partial charge on any atom is -0.497 e. The van der Waals surface area contributed by atoms with Crippen LogP contribution in [0.1, 0.15) is 0 Å². The molecule has 70 valence electrons. The molecule has 0 spiro atoms. The van der Waals surface area contributed by atoms with Crippen LogP contribution in [0, 0.1) is 0 Å². The number of hydrogen-bond donors (Lipinski definition) is 1. The molecule has 1 aromatic carbocycles. The van der Waals surface area contributed by atoms with E-state index in [1.807, 2.05) is 0 Å². The van der Waals surface area contributed by atoms with Gasteiger partial charge in [-0.3, -0.25) is 0 Å². The Morgan fingerprint density at radius 2 is 1.85 bits per heavy atom. The Balaban J connectivity index is 2.64. The van der Waals surface area contributed by atoms with Gasteiger partial charge in [0.25, 0.3) is 5.17 Å². The van der Waals surface area contributed by atoms with E-state index in [2.05, 4.69) is 12.2 Å². The minimum atomic E-state index is -0.315. The van der Waals surface area contributed by atoms with Crippen LogP contribution in [0.5, 0.6) is 11.5 Å². The van der Waals surface area contributed by atoms with Crippen molar-refractivity contribution < 1.29 is 14.0 Å². The van der Waals surface area contributed by atoms with Gasteiger partial charge in [0.1, 0.15) is 11.5 Å². The smallest absolute Gasteiger partial charge is 0.290 e. The maximum absolute atomic E-state index is 11.7. The predicted molar refractivity (Wildman–Crippen MR) is 50.5 cm³/mol. The van der Waals surface area contributed by atoms with Crippen LogP contribution in [0.4, 0.5) is 4.48 Å². The van der Waals surface area contributed by atoms with Crippen LogP contribution in [0.15, 0.2) is 24.3 Å². The first-order chi connectivity index (χ1) is 6.26. The Morgan fingerprint density at radius 3 is 2.31 bits per heavy atom. The lowest BCUT2D eigenvalue weighted by Gasteiger charge is -2.04. The van der Waals surface area contributed by atoms with Crippen molar-refractivity contribution in [2.24, 2.45) is 0 Å². The number of thiocarbonyl (C=S) groups is 1. The first-order valence-corrected chi connectivity index (χ1v) is 3.89. The van der Waals surface area contributed by atoms with E-state index in [4.69, 9.17) is 9.47 Å². The molecule has 3 nitrogen and oxygen atoms in total. The first kappa shape index (κ1) is 9.73. The maximum atomic E-state index is 11.7. The summed E-state index contributed by atoms with van der Waals surface area (Å²) in [7, 11) is 1.56. The lowest BCUT2D eigenvalue weighted by atomic mass is 10.3. The molecule has 0 saturated heterocycles. The van der Waals surface area contributed by atoms with Gasteiger partial charge in [0.15, 0.2) is 0 Å². The van der Waals surface area contributed by atoms with E-state index in [0.29, 0.717) is 11.5 Å². The van der Waals surface area contributed by atoms with Gasteiger partial charge >= 0.3 is 0 Å². The van der Waals surface area contributed by atoms with Crippen molar-refractivity contribution in [2.45, 2.75) is 0 Å². The molecule has 0 unspecified atom stereocenters. The molecule has 0 aliphatic carbocycles. The highest BCUT2D eigenvalue weighted by molar-refractivity contribution is 7.80. The van der Waals surface area contributed by atoms with E-state index in [1.165, 1.54) is 5.54 Å². The molecule has 13 heavy (non-hydrogen) atoms. The summed E-state index contributed by atoms with van der Waals surface area (Å²) in [4.78, 5) is 0. The van der Waals surface area contributed by atoms with Crippen LogP contribution < -0.4 is 15.0 Å². The second-order valence-electron chi connectivity index (χ2n) is 2.16. The molecule has 0 saturated carbocycles. The van der Waals surface area contributed by atoms with Crippen LogP contribution in [0.25, 0.3) is 0 Å². The third-order valence-corrected chi connectivity index (χ3v) is 1.51. The Labute approximate surface area is 80.4 Å². The largest absolute Gasteiger partial charge is 0.497 e. The number of hydrogen-bond acceptors (Lipinski definition) is 3. The summed E-state index contributed by atoms with van der Waals surface area (Å²) in [6, 6.07) is 6.64. The third kappa shape index (κ3) is 2.87. The lowest BCUT2D eigenvalue weighted by molar-refractivity contribution is 0.381. The van der Waals surface area contributed by atoms with Crippen molar-refractivity contribution >= 4 is 17.4 Å². The Kier molecular flexibility index (Phi) is 3.45. The van der Waals surface area contributed by atoms with Crippen LogP contribution in [-0.4, -0.2) is 12.3 Å². The van der Waals surface area contributed by atoms with Crippen LogP contribution in [-0.2, 0) is 0 Å². The van der Waals surface area contributed by atoms with Gasteiger partial charge in [-0.25, -0.2) is 0 Å². The molecule has 1 N–H and O–H groups in total. The number of methoxy groups -OCH3 is 1. The summed E-state index contributed by atoms with van der Waals surface area (Å²) in [5, 5.41) is -0.315. The molecule has 1 rings (SSSR count). The van der Waals surface area contributed by atoms with Gasteiger partial charge in [0.05, 0.1) is 7.11 Å². The van der Waals surface area contributed by atoms with Gasteiger partial charge in [0, 0.05) is 0 Å². The molecule has 1 aromatic rings. The molecule has 0 bridgehead atoms. The highest BCUT2D eigenvalue weighted by atomic mass is 32.1. The van der Waals surface area contributed by atoms with E-state index < -0.39 is 0 Å². The number of ether oxygens (including phenoxy) is 2. The zero-order valence-electron chi connectivity index (χ0n) is 6.91. The average Bonchev–Trinajstić information content (AvgIpc) is 2.19. The topological polar surface area (TPSA) is 30.5 Å². The zero-order chi connectivity index (χ0) is 9.68. The highest BCUT2D eigenvalue weighted by Gasteiger charge is 1.98. The van der Waals surface area contributed by atoms with Crippen molar-refractivity contribution in [3.63, 3.8) is 0 Å². The Bertz CT molecular complexity index is 289. The van der Waals surface area contributed by atoms with Crippen LogP contribution in [0.2, 0.25) is 0 Å². The summed E-state index contributed by atoms with van der Waals surface area (Å²) in [6.45, 7) is 0. The van der Waals surface area contributed by atoms with Crippen molar-refractivity contribution in [2.75, 3.05) is 7.11 Å². The molecule has 0 atom stereocenters. The second-order valence-corrected chi connectivity index (χ2v) is 2.53. The monoisotopic (exact) mass is 201 g/mol. The quantitative estimate of drug-likeness (QED) is 0.584. The normalized spacial score (nSPS) is 9.08. The third-order valence-electron chi connectivity index (χ3n) is 1.35. The summed E-state index contributed by atoms with van der Waals surface area (Å²) < 4.78 is 21.5. The van der Waals surface area contributed by atoms with Crippen molar-refractivity contribution in [3.8, 4) is 11.5 Å².